The maximum Gasteiger partial charge on any atom is 0.243 e. The Kier molecular flexibility index (Phi) is 6.74. The van der Waals surface area contributed by atoms with Gasteiger partial charge in [-0.3, -0.25) is 14.5 Å². The standard InChI is InChI=1S/C17H26N4O4S/c1-13-4-5-14(2)15(10-13)26(24,25)21-8-6-20(7-9-21)12-17(23)19-11-16(22)18-3/h4-5,10H,6-9,11-12H2,1-3H3,(H,18,22)(H,19,23). The van der Waals surface area contributed by atoms with Crippen LogP contribution >= 0.6 is 0 Å². The summed E-state index contributed by atoms with van der Waals surface area (Å²) in [6.07, 6.45) is 0. The molecule has 0 spiro atoms. The van der Waals surface area contributed by atoms with Crippen molar-refractivity contribution in [2.75, 3.05) is 46.3 Å². The van der Waals surface area contributed by atoms with Crippen LogP contribution in [0.3, 0.4) is 0 Å². The molecule has 0 aliphatic carbocycles. The Bertz CT molecular complexity index is 771. The first kappa shape index (κ1) is 20.3. The fourth-order valence-corrected chi connectivity index (χ4v) is 4.51. The maximum absolute atomic E-state index is 12.9. The highest BCUT2D eigenvalue weighted by molar-refractivity contribution is 7.89. The number of aryl methyl sites for hydroxylation is 2. The molecular weight excluding hydrogens is 356 g/mol. The average Bonchev–Trinajstić information content (AvgIpc) is 2.62. The highest BCUT2D eigenvalue weighted by Gasteiger charge is 2.30. The minimum atomic E-state index is -3.54. The van der Waals surface area contributed by atoms with Gasteiger partial charge in [0, 0.05) is 33.2 Å². The lowest BCUT2D eigenvalue weighted by Gasteiger charge is -2.33. The van der Waals surface area contributed by atoms with Gasteiger partial charge in [0.15, 0.2) is 0 Å². The summed E-state index contributed by atoms with van der Waals surface area (Å²) in [4.78, 5) is 25.2. The summed E-state index contributed by atoms with van der Waals surface area (Å²) in [6.45, 7) is 5.35. The summed E-state index contributed by atoms with van der Waals surface area (Å²) in [7, 11) is -2.03. The van der Waals surface area contributed by atoms with Crippen molar-refractivity contribution in [2.45, 2.75) is 18.7 Å². The minimum Gasteiger partial charge on any atom is -0.358 e. The number of hydrogen-bond donors (Lipinski definition) is 2. The highest BCUT2D eigenvalue weighted by Crippen LogP contribution is 2.22. The Balaban J connectivity index is 1.92. The molecule has 1 aromatic carbocycles. The molecule has 144 valence electrons. The number of sulfonamides is 1. The van der Waals surface area contributed by atoms with E-state index in [1.165, 1.54) is 11.4 Å². The van der Waals surface area contributed by atoms with Crippen LogP contribution in [0.2, 0.25) is 0 Å². The van der Waals surface area contributed by atoms with E-state index in [0.29, 0.717) is 31.1 Å². The molecule has 1 aliphatic rings. The second-order valence-electron chi connectivity index (χ2n) is 6.40. The lowest BCUT2D eigenvalue weighted by Crippen LogP contribution is -2.51. The molecule has 2 rings (SSSR count). The van der Waals surface area contributed by atoms with Crippen molar-refractivity contribution in [3.05, 3.63) is 29.3 Å². The van der Waals surface area contributed by atoms with Crippen LogP contribution < -0.4 is 10.6 Å². The van der Waals surface area contributed by atoms with Gasteiger partial charge in [0.25, 0.3) is 0 Å². The number of hydrogen-bond acceptors (Lipinski definition) is 5. The topological polar surface area (TPSA) is 98.8 Å². The van der Waals surface area contributed by atoms with Gasteiger partial charge in [-0.15, -0.1) is 0 Å². The SMILES string of the molecule is CNC(=O)CNC(=O)CN1CCN(S(=O)(=O)c2cc(C)ccc2C)CC1. The number of nitrogens with zero attached hydrogens (tertiary/aromatic N) is 2. The average molecular weight is 382 g/mol. The molecule has 2 amide bonds. The summed E-state index contributed by atoms with van der Waals surface area (Å²) in [5.74, 6) is -0.512. The molecule has 0 aromatic heterocycles. The largest absolute Gasteiger partial charge is 0.358 e. The molecule has 0 bridgehead atoms. The van der Waals surface area contributed by atoms with Crippen molar-refractivity contribution in [2.24, 2.45) is 0 Å². The van der Waals surface area contributed by atoms with Crippen molar-refractivity contribution in [1.82, 2.24) is 19.8 Å². The fourth-order valence-electron chi connectivity index (χ4n) is 2.78. The van der Waals surface area contributed by atoms with Gasteiger partial charge in [-0.25, -0.2) is 8.42 Å². The molecule has 1 heterocycles. The Labute approximate surface area is 154 Å². The Morgan fingerprint density at radius 2 is 1.73 bits per heavy atom. The highest BCUT2D eigenvalue weighted by atomic mass is 32.2. The third kappa shape index (κ3) is 5.03. The molecule has 0 saturated carbocycles. The number of carbonyl (C=O) groups excluding carboxylic acids is 2. The molecule has 1 aromatic rings. The van der Waals surface area contributed by atoms with Crippen molar-refractivity contribution < 1.29 is 18.0 Å². The number of likely N-dealkylation sites (N-methyl/N-ethyl adjacent to an activating group) is 1. The lowest BCUT2D eigenvalue weighted by molar-refractivity contribution is -0.126. The summed E-state index contributed by atoms with van der Waals surface area (Å²) in [6, 6.07) is 5.40. The van der Waals surface area contributed by atoms with Crippen LogP contribution in [0.1, 0.15) is 11.1 Å². The van der Waals surface area contributed by atoms with Gasteiger partial charge in [-0.1, -0.05) is 12.1 Å². The van der Waals surface area contributed by atoms with Crippen LogP contribution in [0.25, 0.3) is 0 Å². The first-order valence-electron chi connectivity index (χ1n) is 8.51. The Hall–Kier alpha value is -1.97. The first-order chi connectivity index (χ1) is 12.2. The summed E-state index contributed by atoms with van der Waals surface area (Å²) < 4.78 is 27.2. The van der Waals surface area contributed by atoms with Crippen LogP contribution in [0.5, 0.6) is 0 Å². The summed E-state index contributed by atoms with van der Waals surface area (Å²) in [5, 5.41) is 4.97. The zero-order chi connectivity index (χ0) is 19.3. The number of carbonyl (C=O) groups is 2. The van der Waals surface area contributed by atoms with Crippen molar-refractivity contribution in [3.8, 4) is 0 Å². The van der Waals surface area contributed by atoms with Gasteiger partial charge in [-0.2, -0.15) is 4.31 Å². The van der Waals surface area contributed by atoms with Gasteiger partial charge in [0.2, 0.25) is 21.8 Å². The van der Waals surface area contributed by atoms with Gasteiger partial charge >= 0.3 is 0 Å². The fraction of sp³-hybridized carbons (Fsp3) is 0.529. The number of rotatable bonds is 6. The first-order valence-corrected chi connectivity index (χ1v) is 9.95. The zero-order valence-electron chi connectivity index (χ0n) is 15.4. The van der Waals surface area contributed by atoms with Crippen LogP contribution in [0, 0.1) is 13.8 Å². The third-order valence-electron chi connectivity index (χ3n) is 4.38. The van der Waals surface area contributed by atoms with Gasteiger partial charge in [0.05, 0.1) is 18.0 Å². The van der Waals surface area contributed by atoms with E-state index in [4.69, 9.17) is 0 Å². The number of piperazine rings is 1. The van der Waals surface area contributed by atoms with Crippen molar-refractivity contribution in [3.63, 3.8) is 0 Å². The molecule has 0 radical (unpaired) electrons. The van der Waals surface area contributed by atoms with E-state index in [-0.39, 0.29) is 24.9 Å². The molecule has 8 nitrogen and oxygen atoms in total. The molecule has 0 atom stereocenters. The van der Waals surface area contributed by atoms with E-state index in [2.05, 4.69) is 10.6 Å². The Morgan fingerprint density at radius 3 is 2.35 bits per heavy atom. The van der Waals surface area contributed by atoms with Gasteiger partial charge < -0.3 is 10.6 Å². The van der Waals surface area contributed by atoms with Crippen LogP contribution in [0.15, 0.2) is 23.1 Å². The summed E-state index contributed by atoms with van der Waals surface area (Å²) >= 11 is 0. The predicted molar refractivity (Wildman–Crippen MR) is 98.2 cm³/mol. The minimum absolute atomic E-state index is 0.0592. The second-order valence-corrected chi connectivity index (χ2v) is 8.31. The second kappa shape index (κ2) is 8.61. The van der Waals surface area contributed by atoms with E-state index in [0.717, 1.165) is 11.1 Å². The Morgan fingerprint density at radius 1 is 1.08 bits per heavy atom. The molecule has 0 unspecified atom stereocenters. The van der Waals surface area contributed by atoms with Crippen LogP contribution in [0.4, 0.5) is 0 Å². The summed E-state index contributed by atoms with van der Waals surface area (Å²) in [5.41, 5.74) is 1.63. The lowest BCUT2D eigenvalue weighted by atomic mass is 10.2. The number of benzene rings is 1. The normalized spacial score (nSPS) is 16.3. The quantitative estimate of drug-likeness (QED) is 0.689. The molecule has 1 fully saturated rings. The number of nitrogens with one attached hydrogen (secondary N) is 2. The number of amides is 2. The molecule has 26 heavy (non-hydrogen) atoms. The smallest absolute Gasteiger partial charge is 0.243 e. The molecule has 2 N–H and O–H groups in total. The van der Waals surface area contributed by atoms with Crippen molar-refractivity contribution in [1.29, 1.82) is 0 Å². The molecular formula is C17H26N4O4S. The van der Waals surface area contributed by atoms with Crippen LogP contribution in [-0.4, -0.2) is 75.8 Å². The van der Waals surface area contributed by atoms with E-state index >= 15 is 0 Å². The van der Waals surface area contributed by atoms with Gasteiger partial charge in [-0.05, 0) is 31.0 Å². The molecule has 1 saturated heterocycles. The van der Waals surface area contributed by atoms with Gasteiger partial charge in [0.1, 0.15) is 0 Å². The predicted octanol–water partition coefficient (Wildman–Crippen LogP) is -0.528. The maximum atomic E-state index is 12.9. The van der Waals surface area contributed by atoms with E-state index in [1.807, 2.05) is 24.0 Å². The zero-order valence-corrected chi connectivity index (χ0v) is 16.2. The van der Waals surface area contributed by atoms with Crippen molar-refractivity contribution >= 4 is 21.8 Å². The molecule has 1 aliphatic heterocycles. The van der Waals surface area contributed by atoms with Crippen LogP contribution in [-0.2, 0) is 19.6 Å². The molecule has 9 heteroatoms. The van der Waals surface area contributed by atoms with E-state index in [1.54, 1.807) is 13.0 Å². The van der Waals surface area contributed by atoms with E-state index < -0.39 is 10.0 Å². The monoisotopic (exact) mass is 382 g/mol. The van der Waals surface area contributed by atoms with E-state index in [9.17, 15) is 18.0 Å². The third-order valence-corrected chi connectivity index (χ3v) is 6.43.